The average Bonchev–Trinajstić information content (AvgIpc) is 2.94. The van der Waals surface area contributed by atoms with Crippen LogP contribution in [0.25, 0.3) is 0 Å². The number of nitrogens with one attached hydrogen (secondary N) is 1. The van der Waals surface area contributed by atoms with Gasteiger partial charge in [0.25, 0.3) is 0 Å². The van der Waals surface area contributed by atoms with Gasteiger partial charge in [0.05, 0.1) is 0 Å². The summed E-state index contributed by atoms with van der Waals surface area (Å²) >= 11 is 0. The van der Waals surface area contributed by atoms with E-state index in [1.54, 1.807) is 6.07 Å². The monoisotopic (exact) mass is 313 g/mol. The second kappa shape index (κ2) is 6.96. The fourth-order valence-electron chi connectivity index (χ4n) is 3.24. The van der Waals surface area contributed by atoms with Crippen LogP contribution in [0.5, 0.6) is 0 Å². The highest BCUT2D eigenvalue weighted by Crippen LogP contribution is 2.28. The number of nitrogens with zero attached hydrogens (tertiary/aromatic N) is 2. The van der Waals surface area contributed by atoms with E-state index in [1.165, 1.54) is 6.42 Å². The Morgan fingerprint density at radius 1 is 1.39 bits per heavy atom. The molecular formula is C18H23N3O2. The average molecular weight is 313 g/mol. The van der Waals surface area contributed by atoms with Crippen LogP contribution >= 0.6 is 0 Å². The summed E-state index contributed by atoms with van der Waals surface area (Å²) in [7, 11) is 0. The Bertz CT molecular complexity index is 653. The molecule has 1 fully saturated rings. The van der Waals surface area contributed by atoms with Gasteiger partial charge in [0.15, 0.2) is 5.82 Å². The second-order valence-electron chi connectivity index (χ2n) is 6.37. The van der Waals surface area contributed by atoms with Crippen LogP contribution in [0.1, 0.15) is 37.1 Å². The molecule has 2 aromatic rings. The standard InChI is InChI=1S/C18H23N3O2/c1-13-7-6-10-21(12-13)17(15-8-4-3-5-9-15)18(22)19-16-11-14(2)23-20-16/h3-5,8-9,11,13,17H,6-7,10,12H2,1-2H3,(H,19,20,22). The van der Waals surface area contributed by atoms with Gasteiger partial charge < -0.3 is 9.84 Å². The van der Waals surface area contributed by atoms with E-state index in [9.17, 15) is 4.79 Å². The molecule has 1 aliphatic rings. The maximum absolute atomic E-state index is 12.9. The van der Waals surface area contributed by atoms with E-state index in [0.29, 0.717) is 17.5 Å². The maximum Gasteiger partial charge on any atom is 0.247 e. The van der Waals surface area contributed by atoms with E-state index in [-0.39, 0.29) is 11.9 Å². The minimum Gasteiger partial charge on any atom is -0.360 e. The van der Waals surface area contributed by atoms with E-state index in [4.69, 9.17) is 4.52 Å². The second-order valence-corrected chi connectivity index (χ2v) is 6.37. The Labute approximate surface area is 136 Å². The van der Waals surface area contributed by atoms with Crippen molar-refractivity contribution >= 4 is 11.7 Å². The van der Waals surface area contributed by atoms with Crippen molar-refractivity contribution in [3.8, 4) is 0 Å². The lowest BCUT2D eigenvalue weighted by molar-refractivity contribution is -0.122. The van der Waals surface area contributed by atoms with Crippen molar-refractivity contribution in [1.29, 1.82) is 0 Å². The summed E-state index contributed by atoms with van der Waals surface area (Å²) in [5.41, 5.74) is 1.01. The molecule has 0 saturated carbocycles. The van der Waals surface area contributed by atoms with Crippen LogP contribution in [0, 0.1) is 12.8 Å². The van der Waals surface area contributed by atoms with Gasteiger partial charge in [0.2, 0.25) is 5.91 Å². The van der Waals surface area contributed by atoms with Crippen LogP contribution < -0.4 is 5.32 Å². The minimum atomic E-state index is -0.295. The van der Waals surface area contributed by atoms with Gasteiger partial charge in [-0.2, -0.15) is 0 Å². The number of aromatic nitrogens is 1. The molecule has 5 nitrogen and oxygen atoms in total. The van der Waals surface area contributed by atoms with Crippen molar-refractivity contribution in [1.82, 2.24) is 10.1 Å². The molecule has 2 unspecified atom stereocenters. The first kappa shape index (κ1) is 15.7. The number of benzene rings is 1. The van der Waals surface area contributed by atoms with Gasteiger partial charge >= 0.3 is 0 Å². The molecule has 1 aromatic carbocycles. The van der Waals surface area contributed by atoms with Crippen molar-refractivity contribution in [2.45, 2.75) is 32.7 Å². The summed E-state index contributed by atoms with van der Waals surface area (Å²) in [6.07, 6.45) is 2.35. The zero-order valence-corrected chi connectivity index (χ0v) is 13.7. The van der Waals surface area contributed by atoms with Crippen molar-refractivity contribution in [2.75, 3.05) is 18.4 Å². The van der Waals surface area contributed by atoms with E-state index < -0.39 is 0 Å². The van der Waals surface area contributed by atoms with E-state index in [1.807, 2.05) is 37.3 Å². The van der Waals surface area contributed by atoms with Crippen molar-refractivity contribution in [2.24, 2.45) is 5.92 Å². The topological polar surface area (TPSA) is 58.4 Å². The van der Waals surface area contributed by atoms with Crippen LogP contribution in [0.3, 0.4) is 0 Å². The van der Waals surface area contributed by atoms with Gasteiger partial charge in [-0.1, -0.05) is 42.4 Å². The predicted molar refractivity (Wildman–Crippen MR) is 89.0 cm³/mol. The molecule has 0 spiro atoms. The number of piperidine rings is 1. The first-order valence-corrected chi connectivity index (χ1v) is 8.16. The van der Waals surface area contributed by atoms with Gasteiger partial charge in [0.1, 0.15) is 11.8 Å². The lowest BCUT2D eigenvalue weighted by atomic mass is 9.95. The number of amides is 1. The van der Waals surface area contributed by atoms with Crippen LogP contribution in [0.4, 0.5) is 5.82 Å². The number of aryl methyl sites for hydroxylation is 1. The number of likely N-dealkylation sites (tertiary alicyclic amines) is 1. The summed E-state index contributed by atoms with van der Waals surface area (Å²) in [6.45, 7) is 5.93. The third-order valence-electron chi connectivity index (χ3n) is 4.30. The molecule has 1 aromatic heterocycles. The Morgan fingerprint density at radius 2 is 2.17 bits per heavy atom. The lowest BCUT2D eigenvalue weighted by Crippen LogP contribution is -2.42. The van der Waals surface area contributed by atoms with E-state index >= 15 is 0 Å². The van der Waals surface area contributed by atoms with Gasteiger partial charge in [-0.3, -0.25) is 9.69 Å². The predicted octanol–water partition coefficient (Wildman–Crippen LogP) is 3.39. The molecule has 1 aliphatic heterocycles. The molecule has 0 bridgehead atoms. The van der Waals surface area contributed by atoms with Crippen molar-refractivity contribution in [3.63, 3.8) is 0 Å². The minimum absolute atomic E-state index is 0.0569. The highest BCUT2D eigenvalue weighted by atomic mass is 16.5. The van der Waals surface area contributed by atoms with Crippen molar-refractivity contribution < 1.29 is 9.32 Å². The fourth-order valence-corrected chi connectivity index (χ4v) is 3.24. The number of hydrogen-bond donors (Lipinski definition) is 1. The smallest absolute Gasteiger partial charge is 0.247 e. The molecule has 1 N–H and O–H groups in total. The Kier molecular flexibility index (Phi) is 4.76. The molecular weight excluding hydrogens is 290 g/mol. The first-order valence-electron chi connectivity index (χ1n) is 8.16. The summed E-state index contributed by atoms with van der Waals surface area (Å²) in [5, 5.41) is 6.75. The summed E-state index contributed by atoms with van der Waals surface area (Å²) < 4.78 is 5.04. The SMILES string of the molecule is Cc1cc(NC(=O)C(c2ccccc2)N2CCCC(C)C2)no1. The number of anilines is 1. The third kappa shape index (κ3) is 3.79. The quantitative estimate of drug-likeness (QED) is 0.940. The number of rotatable bonds is 4. The molecule has 122 valence electrons. The fraction of sp³-hybridized carbons (Fsp3) is 0.444. The zero-order valence-electron chi connectivity index (χ0n) is 13.7. The Hall–Kier alpha value is -2.14. The normalized spacial score (nSPS) is 20.2. The van der Waals surface area contributed by atoms with Gasteiger partial charge in [-0.05, 0) is 37.8 Å². The molecule has 1 saturated heterocycles. The van der Waals surface area contributed by atoms with Gasteiger partial charge in [0, 0.05) is 12.6 Å². The molecule has 0 radical (unpaired) electrons. The largest absolute Gasteiger partial charge is 0.360 e. The lowest BCUT2D eigenvalue weighted by Gasteiger charge is -2.36. The number of hydrogen-bond acceptors (Lipinski definition) is 4. The number of carbonyl (C=O) groups excluding carboxylic acids is 1. The van der Waals surface area contributed by atoms with Gasteiger partial charge in [-0.25, -0.2) is 0 Å². The number of carbonyl (C=O) groups is 1. The molecule has 1 amide bonds. The first-order chi connectivity index (χ1) is 11.1. The van der Waals surface area contributed by atoms with Crippen LogP contribution in [0.15, 0.2) is 40.9 Å². The van der Waals surface area contributed by atoms with Crippen molar-refractivity contribution in [3.05, 3.63) is 47.7 Å². The molecule has 3 rings (SSSR count). The highest BCUT2D eigenvalue weighted by molar-refractivity contribution is 5.94. The Balaban J connectivity index is 1.83. The van der Waals surface area contributed by atoms with Gasteiger partial charge in [-0.15, -0.1) is 0 Å². The van der Waals surface area contributed by atoms with E-state index in [2.05, 4.69) is 22.3 Å². The Morgan fingerprint density at radius 3 is 2.83 bits per heavy atom. The summed E-state index contributed by atoms with van der Waals surface area (Å²) in [4.78, 5) is 15.2. The highest BCUT2D eigenvalue weighted by Gasteiger charge is 2.31. The maximum atomic E-state index is 12.9. The molecule has 2 heterocycles. The third-order valence-corrected chi connectivity index (χ3v) is 4.30. The molecule has 5 heteroatoms. The summed E-state index contributed by atoms with van der Waals surface area (Å²) in [5.74, 6) is 1.71. The van der Waals surface area contributed by atoms with Crippen LogP contribution in [-0.4, -0.2) is 29.1 Å². The molecule has 2 atom stereocenters. The van der Waals surface area contributed by atoms with E-state index in [0.717, 1.165) is 25.1 Å². The molecule has 23 heavy (non-hydrogen) atoms. The van der Waals surface area contributed by atoms with Crippen LogP contribution in [-0.2, 0) is 4.79 Å². The zero-order chi connectivity index (χ0) is 16.2. The van der Waals surface area contributed by atoms with Crippen LogP contribution in [0.2, 0.25) is 0 Å². The molecule has 0 aliphatic carbocycles. The summed E-state index contributed by atoms with van der Waals surface area (Å²) in [6, 6.07) is 11.4.